The molecule has 0 saturated heterocycles. The first-order valence-electron chi connectivity index (χ1n) is 4.02. The van der Waals surface area contributed by atoms with E-state index in [1.807, 2.05) is 0 Å². The maximum atomic E-state index is 11.3. The van der Waals surface area contributed by atoms with Gasteiger partial charge in [0.1, 0.15) is 6.29 Å². The molecule has 0 spiro atoms. The number of esters is 1. The number of aldehydes is 1. The zero-order chi connectivity index (χ0) is 10.4. The summed E-state index contributed by atoms with van der Waals surface area (Å²) in [4.78, 5) is 25.9. The van der Waals surface area contributed by atoms with Gasteiger partial charge in [0, 0.05) is 0 Å². The Kier molecular flexibility index (Phi) is 4.00. The minimum Gasteiger partial charge on any atom is -0.461 e. The molecule has 0 bridgehead atoms. The Hall–Kier alpha value is -1.49. The Bertz CT molecular complexity index is 357. The van der Waals surface area contributed by atoms with Crippen LogP contribution in [0.4, 0.5) is 0 Å². The number of thiazole rings is 1. The molecule has 74 valence electrons. The Balaban J connectivity index is 2.86. The molecule has 1 aromatic heterocycles. The summed E-state index contributed by atoms with van der Waals surface area (Å²) in [6, 6.07) is 0. The molecule has 0 unspecified atom stereocenters. The van der Waals surface area contributed by atoms with Crippen molar-refractivity contribution in [1.29, 1.82) is 0 Å². The SMILES string of the molecule is CCOC(=O)c1ncsc1C=CC=O. The highest BCUT2D eigenvalue weighted by Gasteiger charge is 2.13. The first-order valence-corrected chi connectivity index (χ1v) is 4.90. The number of hydrogen-bond donors (Lipinski definition) is 0. The van der Waals surface area contributed by atoms with Gasteiger partial charge in [-0.25, -0.2) is 9.78 Å². The molecule has 0 radical (unpaired) electrons. The molecule has 1 heterocycles. The predicted octanol–water partition coefficient (Wildman–Crippen LogP) is 1.53. The lowest BCUT2D eigenvalue weighted by atomic mass is 10.3. The van der Waals surface area contributed by atoms with Gasteiger partial charge in [-0.15, -0.1) is 11.3 Å². The minimum atomic E-state index is -0.459. The molecule has 4 nitrogen and oxygen atoms in total. The van der Waals surface area contributed by atoms with Crippen LogP contribution in [0.5, 0.6) is 0 Å². The summed E-state index contributed by atoms with van der Waals surface area (Å²) in [6.45, 7) is 2.04. The molecule has 0 aliphatic rings. The fraction of sp³-hybridized carbons (Fsp3) is 0.222. The first kappa shape index (κ1) is 10.6. The highest BCUT2D eigenvalue weighted by molar-refractivity contribution is 7.10. The average Bonchev–Trinajstić information content (AvgIpc) is 2.63. The van der Waals surface area contributed by atoms with Crippen LogP contribution >= 0.6 is 11.3 Å². The molecule has 0 saturated carbocycles. The lowest BCUT2D eigenvalue weighted by Gasteiger charge is -1.98. The van der Waals surface area contributed by atoms with Gasteiger partial charge in [0.05, 0.1) is 17.0 Å². The van der Waals surface area contributed by atoms with E-state index in [2.05, 4.69) is 4.98 Å². The number of allylic oxidation sites excluding steroid dienone is 1. The van der Waals surface area contributed by atoms with Gasteiger partial charge in [-0.1, -0.05) is 0 Å². The number of carbonyl (C=O) groups excluding carboxylic acids is 2. The third-order valence-electron chi connectivity index (χ3n) is 1.39. The zero-order valence-electron chi connectivity index (χ0n) is 7.60. The van der Waals surface area contributed by atoms with Crippen molar-refractivity contribution in [2.75, 3.05) is 6.61 Å². The molecule has 0 aromatic carbocycles. The molecule has 0 fully saturated rings. The van der Waals surface area contributed by atoms with Crippen LogP contribution in [0.2, 0.25) is 0 Å². The maximum absolute atomic E-state index is 11.3. The van der Waals surface area contributed by atoms with Crippen LogP contribution in [0.15, 0.2) is 11.6 Å². The van der Waals surface area contributed by atoms with Crippen LogP contribution in [-0.4, -0.2) is 23.8 Å². The third-order valence-corrected chi connectivity index (χ3v) is 2.18. The normalized spacial score (nSPS) is 10.4. The summed E-state index contributed by atoms with van der Waals surface area (Å²) in [5.74, 6) is -0.459. The first-order chi connectivity index (χ1) is 6.79. The van der Waals surface area contributed by atoms with E-state index in [0.717, 1.165) is 0 Å². The van der Waals surface area contributed by atoms with Crippen molar-refractivity contribution in [2.24, 2.45) is 0 Å². The van der Waals surface area contributed by atoms with Gasteiger partial charge < -0.3 is 4.74 Å². The Morgan fingerprint density at radius 3 is 3.14 bits per heavy atom. The van der Waals surface area contributed by atoms with Gasteiger partial charge in [0.15, 0.2) is 5.69 Å². The van der Waals surface area contributed by atoms with E-state index < -0.39 is 5.97 Å². The largest absolute Gasteiger partial charge is 0.461 e. The number of nitrogens with zero attached hydrogens (tertiary/aromatic N) is 1. The maximum Gasteiger partial charge on any atom is 0.358 e. The zero-order valence-corrected chi connectivity index (χ0v) is 8.41. The summed E-state index contributed by atoms with van der Waals surface area (Å²) in [7, 11) is 0. The summed E-state index contributed by atoms with van der Waals surface area (Å²) < 4.78 is 4.79. The molecule has 1 aromatic rings. The average molecular weight is 211 g/mol. The standard InChI is InChI=1S/C9H9NO3S/c1-2-13-9(12)8-7(4-3-5-11)14-6-10-8/h3-6H,2H2,1H3. The fourth-order valence-corrected chi connectivity index (χ4v) is 1.53. The van der Waals surface area contributed by atoms with E-state index >= 15 is 0 Å². The second kappa shape index (κ2) is 5.29. The van der Waals surface area contributed by atoms with E-state index in [-0.39, 0.29) is 5.69 Å². The summed E-state index contributed by atoms with van der Waals surface area (Å²) in [5.41, 5.74) is 1.80. The monoisotopic (exact) mass is 211 g/mol. The fourth-order valence-electron chi connectivity index (χ4n) is 0.853. The van der Waals surface area contributed by atoms with E-state index in [0.29, 0.717) is 17.8 Å². The number of aromatic nitrogens is 1. The van der Waals surface area contributed by atoms with Crippen LogP contribution in [0, 0.1) is 0 Å². The highest BCUT2D eigenvalue weighted by Crippen LogP contribution is 2.15. The summed E-state index contributed by atoms with van der Waals surface area (Å²) in [6.07, 6.45) is 3.50. The lowest BCUT2D eigenvalue weighted by Crippen LogP contribution is -2.06. The van der Waals surface area contributed by atoms with Crippen molar-refractivity contribution in [3.05, 3.63) is 22.2 Å². The van der Waals surface area contributed by atoms with Crippen molar-refractivity contribution >= 4 is 29.7 Å². The molecule has 5 heteroatoms. The van der Waals surface area contributed by atoms with Crippen molar-refractivity contribution in [1.82, 2.24) is 4.98 Å². The Labute approximate surface area is 85.2 Å². The van der Waals surface area contributed by atoms with Crippen LogP contribution in [0.25, 0.3) is 6.08 Å². The molecule has 0 aliphatic heterocycles. The van der Waals surface area contributed by atoms with Gasteiger partial charge in [-0.3, -0.25) is 4.79 Å². The molecular weight excluding hydrogens is 202 g/mol. The van der Waals surface area contributed by atoms with Crippen molar-refractivity contribution < 1.29 is 14.3 Å². The van der Waals surface area contributed by atoms with Gasteiger partial charge in [-0.05, 0) is 19.1 Å². The van der Waals surface area contributed by atoms with Gasteiger partial charge in [-0.2, -0.15) is 0 Å². The number of hydrogen-bond acceptors (Lipinski definition) is 5. The highest BCUT2D eigenvalue weighted by atomic mass is 32.1. The number of ether oxygens (including phenoxy) is 1. The molecule has 0 amide bonds. The van der Waals surface area contributed by atoms with E-state index in [1.54, 1.807) is 6.92 Å². The van der Waals surface area contributed by atoms with E-state index in [1.165, 1.54) is 29.0 Å². The van der Waals surface area contributed by atoms with E-state index in [4.69, 9.17) is 4.74 Å². The van der Waals surface area contributed by atoms with Crippen LogP contribution in [-0.2, 0) is 9.53 Å². The molecule has 0 N–H and O–H groups in total. The van der Waals surface area contributed by atoms with Crippen molar-refractivity contribution in [3.8, 4) is 0 Å². The number of carbonyl (C=O) groups is 2. The molecule has 0 aliphatic carbocycles. The smallest absolute Gasteiger partial charge is 0.358 e. The lowest BCUT2D eigenvalue weighted by molar-refractivity contribution is -0.104. The van der Waals surface area contributed by atoms with Gasteiger partial charge >= 0.3 is 5.97 Å². The molecular formula is C9H9NO3S. The molecule has 14 heavy (non-hydrogen) atoms. The van der Waals surface area contributed by atoms with E-state index in [9.17, 15) is 9.59 Å². The van der Waals surface area contributed by atoms with Crippen LogP contribution in [0.3, 0.4) is 0 Å². The second-order valence-electron chi connectivity index (χ2n) is 2.28. The quantitative estimate of drug-likeness (QED) is 0.430. The number of rotatable bonds is 4. The van der Waals surface area contributed by atoms with Crippen LogP contribution in [0.1, 0.15) is 22.3 Å². The van der Waals surface area contributed by atoms with Crippen molar-refractivity contribution in [3.63, 3.8) is 0 Å². The molecule has 0 atom stereocenters. The predicted molar refractivity (Wildman–Crippen MR) is 53.2 cm³/mol. The summed E-state index contributed by atoms with van der Waals surface area (Å²) in [5, 5.41) is 0. The summed E-state index contributed by atoms with van der Waals surface area (Å²) >= 11 is 1.29. The molecule has 1 rings (SSSR count). The topological polar surface area (TPSA) is 56.3 Å². The third kappa shape index (κ3) is 2.50. The second-order valence-corrected chi connectivity index (χ2v) is 3.17. The van der Waals surface area contributed by atoms with Crippen molar-refractivity contribution in [2.45, 2.75) is 6.92 Å². The Morgan fingerprint density at radius 2 is 2.50 bits per heavy atom. The Morgan fingerprint density at radius 1 is 1.71 bits per heavy atom. The van der Waals surface area contributed by atoms with Gasteiger partial charge in [0.25, 0.3) is 0 Å². The van der Waals surface area contributed by atoms with Gasteiger partial charge in [0.2, 0.25) is 0 Å². The minimum absolute atomic E-state index is 0.259. The van der Waals surface area contributed by atoms with Crippen LogP contribution < -0.4 is 0 Å².